The lowest BCUT2D eigenvalue weighted by molar-refractivity contribution is 0.828. The summed E-state index contributed by atoms with van der Waals surface area (Å²) in [5.41, 5.74) is 3.60. The van der Waals surface area contributed by atoms with Crippen LogP contribution in [0, 0.1) is 13.8 Å². The molecule has 0 amide bonds. The molecule has 3 rings (SSSR count). The minimum absolute atomic E-state index is 0.144. The number of H-pyrrole nitrogens is 1. The van der Waals surface area contributed by atoms with Crippen molar-refractivity contribution in [3.63, 3.8) is 0 Å². The second-order valence-corrected chi connectivity index (χ2v) is 7.76. The van der Waals surface area contributed by atoms with Crippen LogP contribution in [0.2, 0.25) is 5.02 Å². The summed E-state index contributed by atoms with van der Waals surface area (Å²) in [7, 11) is 0. The van der Waals surface area contributed by atoms with Crippen molar-refractivity contribution in [3.8, 4) is 5.69 Å². The van der Waals surface area contributed by atoms with Gasteiger partial charge in [-0.3, -0.25) is 14.9 Å². The summed E-state index contributed by atoms with van der Waals surface area (Å²) in [4.78, 5) is 17.1. The monoisotopic (exact) mass is 481 g/mol. The maximum Gasteiger partial charge on any atom is 0.280 e. The third kappa shape index (κ3) is 3.81. The number of aromatic nitrogens is 2. The van der Waals surface area contributed by atoms with E-state index >= 15 is 0 Å². The molecule has 0 aliphatic carbocycles. The number of rotatable bonds is 3. The first-order valence-corrected chi connectivity index (χ1v) is 9.40. The summed E-state index contributed by atoms with van der Waals surface area (Å²) in [6, 6.07) is 11.2. The van der Waals surface area contributed by atoms with E-state index in [9.17, 15) is 4.79 Å². The van der Waals surface area contributed by atoms with Crippen molar-refractivity contribution in [1.29, 1.82) is 0 Å². The molecule has 0 saturated heterocycles. The predicted octanol–water partition coefficient (Wildman–Crippen LogP) is 5.71. The average Bonchev–Trinajstić information content (AvgIpc) is 2.83. The molecule has 0 aliphatic rings. The SMILES string of the molecule is Cc1cc(Br)ccc1-n1[nH]c(C)c(C=Nc2ccc(Br)c(Cl)c2)c1=O. The molecular formula is C18H14Br2ClN3O. The van der Waals surface area contributed by atoms with E-state index in [1.165, 1.54) is 4.68 Å². The van der Waals surface area contributed by atoms with Gasteiger partial charge in [0.2, 0.25) is 0 Å². The van der Waals surface area contributed by atoms with Crippen LogP contribution in [0.25, 0.3) is 5.69 Å². The molecule has 0 radical (unpaired) electrons. The number of halogens is 3. The summed E-state index contributed by atoms with van der Waals surface area (Å²) in [6.07, 6.45) is 1.57. The standard InChI is InChI=1S/C18H14Br2ClN3O/c1-10-7-12(19)3-6-17(10)24-18(25)14(11(2)23-24)9-22-13-4-5-15(20)16(21)8-13/h3-9,23H,1-2H3. The van der Waals surface area contributed by atoms with Crippen molar-refractivity contribution in [1.82, 2.24) is 9.78 Å². The van der Waals surface area contributed by atoms with E-state index in [4.69, 9.17) is 11.6 Å². The zero-order valence-electron chi connectivity index (χ0n) is 13.5. The molecule has 0 atom stereocenters. The first kappa shape index (κ1) is 18.2. The molecule has 0 bridgehead atoms. The summed E-state index contributed by atoms with van der Waals surface area (Å²) in [5, 5.41) is 3.68. The molecule has 2 aromatic carbocycles. The Balaban J connectivity index is 2.01. The van der Waals surface area contributed by atoms with Crippen molar-refractivity contribution in [3.05, 3.63) is 77.5 Å². The lowest BCUT2D eigenvalue weighted by Gasteiger charge is -2.06. The fourth-order valence-electron chi connectivity index (χ4n) is 2.46. The number of hydrogen-bond donors (Lipinski definition) is 1. The number of aryl methyl sites for hydroxylation is 2. The smallest absolute Gasteiger partial charge is 0.280 e. The number of benzene rings is 2. The minimum Gasteiger partial charge on any atom is -0.295 e. The minimum atomic E-state index is -0.144. The molecule has 0 spiro atoms. The maximum absolute atomic E-state index is 12.8. The highest BCUT2D eigenvalue weighted by Gasteiger charge is 2.12. The van der Waals surface area contributed by atoms with Crippen LogP contribution in [0.4, 0.5) is 5.69 Å². The topological polar surface area (TPSA) is 50.1 Å². The van der Waals surface area contributed by atoms with Crippen molar-refractivity contribution < 1.29 is 0 Å². The van der Waals surface area contributed by atoms with Gasteiger partial charge >= 0.3 is 0 Å². The van der Waals surface area contributed by atoms with Gasteiger partial charge in [0, 0.05) is 20.9 Å². The Morgan fingerprint density at radius 2 is 1.92 bits per heavy atom. The van der Waals surface area contributed by atoms with Gasteiger partial charge in [-0.05, 0) is 71.7 Å². The Kier molecular flexibility index (Phi) is 5.32. The Hall–Kier alpha value is -1.63. The molecular weight excluding hydrogens is 469 g/mol. The van der Waals surface area contributed by atoms with Crippen molar-refractivity contribution >= 4 is 55.4 Å². The Morgan fingerprint density at radius 3 is 2.60 bits per heavy atom. The van der Waals surface area contributed by atoms with E-state index in [1.54, 1.807) is 12.3 Å². The summed E-state index contributed by atoms with van der Waals surface area (Å²) in [5.74, 6) is 0. The van der Waals surface area contributed by atoms with Gasteiger partial charge in [-0.25, -0.2) is 4.68 Å². The zero-order chi connectivity index (χ0) is 18.1. The first-order valence-electron chi connectivity index (χ1n) is 7.44. The third-order valence-corrected chi connectivity index (χ3v) is 5.49. The van der Waals surface area contributed by atoms with Crippen LogP contribution in [0.3, 0.4) is 0 Å². The highest BCUT2D eigenvalue weighted by Crippen LogP contribution is 2.27. The van der Waals surface area contributed by atoms with E-state index in [0.29, 0.717) is 16.3 Å². The molecule has 4 nitrogen and oxygen atoms in total. The van der Waals surface area contributed by atoms with Crippen LogP contribution < -0.4 is 5.56 Å². The van der Waals surface area contributed by atoms with Gasteiger partial charge in [0.1, 0.15) is 0 Å². The molecule has 1 aromatic heterocycles. The fraction of sp³-hybridized carbons (Fsp3) is 0.111. The molecule has 25 heavy (non-hydrogen) atoms. The van der Waals surface area contributed by atoms with E-state index in [0.717, 1.165) is 25.9 Å². The van der Waals surface area contributed by atoms with Crippen LogP contribution in [0.1, 0.15) is 16.8 Å². The van der Waals surface area contributed by atoms with E-state index in [1.807, 2.05) is 44.2 Å². The number of nitrogens with one attached hydrogen (secondary N) is 1. The van der Waals surface area contributed by atoms with Gasteiger partial charge in [0.25, 0.3) is 5.56 Å². The summed E-state index contributed by atoms with van der Waals surface area (Å²) in [6.45, 7) is 3.81. The van der Waals surface area contributed by atoms with Crippen molar-refractivity contribution in [2.24, 2.45) is 4.99 Å². The predicted molar refractivity (Wildman–Crippen MR) is 110 cm³/mol. The second-order valence-electron chi connectivity index (χ2n) is 5.58. The maximum atomic E-state index is 12.8. The van der Waals surface area contributed by atoms with Crippen LogP contribution in [-0.2, 0) is 0 Å². The molecule has 0 aliphatic heterocycles. The van der Waals surface area contributed by atoms with Crippen LogP contribution >= 0.6 is 43.5 Å². The molecule has 0 saturated carbocycles. The van der Waals surface area contributed by atoms with E-state index in [-0.39, 0.29) is 5.56 Å². The molecule has 1 heterocycles. The molecule has 3 aromatic rings. The quantitative estimate of drug-likeness (QED) is 0.477. The lowest BCUT2D eigenvalue weighted by atomic mass is 10.2. The number of hydrogen-bond acceptors (Lipinski definition) is 2. The first-order chi connectivity index (χ1) is 11.9. The zero-order valence-corrected chi connectivity index (χ0v) is 17.4. The number of aliphatic imine (C=N–C) groups is 1. The molecule has 0 fully saturated rings. The fourth-order valence-corrected chi connectivity index (χ4v) is 3.35. The van der Waals surface area contributed by atoms with Crippen LogP contribution in [-0.4, -0.2) is 16.0 Å². The third-order valence-electron chi connectivity index (χ3n) is 3.76. The Morgan fingerprint density at radius 1 is 1.16 bits per heavy atom. The van der Waals surface area contributed by atoms with Crippen molar-refractivity contribution in [2.75, 3.05) is 0 Å². The largest absolute Gasteiger partial charge is 0.295 e. The number of nitrogens with zero attached hydrogens (tertiary/aromatic N) is 2. The average molecular weight is 484 g/mol. The normalized spacial score (nSPS) is 11.4. The summed E-state index contributed by atoms with van der Waals surface area (Å²) < 4.78 is 3.31. The van der Waals surface area contributed by atoms with Crippen molar-refractivity contribution in [2.45, 2.75) is 13.8 Å². The molecule has 128 valence electrons. The van der Waals surface area contributed by atoms with Gasteiger partial charge in [0.15, 0.2) is 0 Å². The second kappa shape index (κ2) is 7.32. The van der Waals surface area contributed by atoms with Gasteiger partial charge in [-0.2, -0.15) is 0 Å². The lowest BCUT2D eigenvalue weighted by Crippen LogP contribution is -2.18. The molecule has 0 unspecified atom stereocenters. The van der Waals surface area contributed by atoms with Gasteiger partial charge in [-0.15, -0.1) is 0 Å². The highest BCUT2D eigenvalue weighted by molar-refractivity contribution is 9.10. The van der Waals surface area contributed by atoms with Gasteiger partial charge in [-0.1, -0.05) is 27.5 Å². The van der Waals surface area contributed by atoms with Gasteiger partial charge in [0.05, 0.1) is 22.0 Å². The highest BCUT2D eigenvalue weighted by atomic mass is 79.9. The van der Waals surface area contributed by atoms with E-state index in [2.05, 4.69) is 42.0 Å². The van der Waals surface area contributed by atoms with Gasteiger partial charge < -0.3 is 0 Å². The summed E-state index contributed by atoms with van der Waals surface area (Å²) >= 11 is 12.9. The number of aromatic amines is 1. The van der Waals surface area contributed by atoms with Crippen LogP contribution in [0.5, 0.6) is 0 Å². The molecule has 1 N–H and O–H groups in total. The van der Waals surface area contributed by atoms with Crippen LogP contribution in [0.15, 0.2) is 55.1 Å². The Labute approximate surface area is 166 Å². The molecule has 7 heteroatoms. The van der Waals surface area contributed by atoms with E-state index < -0.39 is 0 Å². The Bertz CT molecular complexity index is 1040.